The van der Waals surface area contributed by atoms with E-state index in [9.17, 15) is 0 Å². The predicted octanol–water partition coefficient (Wildman–Crippen LogP) is 8.43. The van der Waals surface area contributed by atoms with Gasteiger partial charge in [-0.15, -0.1) is 0 Å². The van der Waals surface area contributed by atoms with Crippen LogP contribution in [0.4, 0.5) is 0 Å². The van der Waals surface area contributed by atoms with Gasteiger partial charge in [0.25, 0.3) is 0 Å². The van der Waals surface area contributed by atoms with Crippen molar-refractivity contribution in [1.82, 2.24) is 4.57 Å². The van der Waals surface area contributed by atoms with Gasteiger partial charge in [0.2, 0.25) is 0 Å². The molecule has 0 amide bonds. The lowest BCUT2D eigenvalue weighted by atomic mass is 9.99. The van der Waals surface area contributed by atoms with Crippen molar-refractivity contribution in [2.45, 2.75) is 13.5 Å². The Labute approximate surface area is 183 Å². The average Bonchev–Trinajstić information content (AvgIpc) is 3.16. The summed E-state index contributed by atoms with van der Waals surface area (Å²) in [5.74, 6) is 0. The zero-order valence-electron chi connectivity index (χ0n) is 17.8. The highest BCUT2D eigenvalue weighted by Crippen LogP contribution is 2.35. The SMILES string of the molecule is C=Cc1ccc(-c2ccc3c(c2)c2cc(-c4ccc(C=C)cc4)ccc2n3CC)cc1. The number of aromatic nitrogens is 1. The molecule has 0 N–H and O–H groups in total. The predicted molar refractivity (Wildman–Crippen MR) is 136 cm³/mol. The Morgan fingerprint density at radius 3 is 1.32 bits per heavy atom. The van der Waals surface area contributed by atoms with E-state index in [1.807, 2.05) is 12.2 Å². The second-order valence-electron chi connectivity index (χ2n) is 7.86. The second kappa shape index (κ2) is 7.77. The van der Waals surface area contributed by atoms with Crippen LogP contribution in [0.5, 0.6) is 0 Å². The molecule has 1 nitrogen and oxygen atoms in total. The Bertz CT molecular complexity index is 1310. The Morgan fingerprint density at radius 1 is 0.581 bits per heavy atom. The average molecular weight is 400 g/mol. The summed E-state index contributed by atoms with van der Waals surface area (Å²) >= 11 is 0. The number of benzene rings is 4. The largest absolute Gasteiger partial charge is 0.341 e. The van der Waals surface area contributed by atoms with Gasteiger partial charge in [-0.2, -0.15) is 0 Å². The van der Waals surface area contributed by atoms with Gasteiger partial charge in [-0.25, -0.2) is 0 Å². The summed E-state index contributed by atoms with van der Waals surface area (Å²) in [7, 11) is 0. The molecule has 5 aromatic rings. The topological polar surface area (TPSA) is 4.93 Å². The molecule has 0 radical (unpaired) electrons. The van der Waals surface area contributed by atoms with Crippen molar-refractivity contribution in [3.05, 3.63) is 109 Å². The van der Waals surface area contributed by atoms with E-state index in [0.29, 0.717) is 0 Å². The molecule has 31 heavy (non-hydrogen) atoms. The molecular weight excluding hydrogens is 374 g/mol. The molecule has 4 aromatic carbocycles. The first kappa shape index (κ1) is 19.1. The van der Waals surface area contributed by atoms with Gasteiger partial charge in [0.15, 0.2) is 0 Å². The third-order valence-electron chi connectivity index (χ3n) is 6.14. The molecular formula is C30H25N. The van der Waals surface area contributed by atoms with Crippen LogP contribution in [-0.4, -0.2) is 4.57 Å². The van der Waals surface area contributed by atoms with Crippen LogP contribution in [0.15, 0.2) is 98.1 Å². The molecule has 0 aliphatic heterocycles. The number of hydrogen-bond acceptors (Lipinski definition) is 0. The summed E-state index contributed by atoms with van der Waals surface area (Å²) in [4.78, 5) is 0. The summed E-state index contributed by atoms with van der Waals surface area (Å²) < 4.78 is 2.40. The molecule has 0 atom stereocenters. The van der Waals surface area contributed by atoms with E-state index in [4.69, 9.17) is 0 Å². The molecule has 1 heterocycles. The van der Waals surface area contributed by atoms with Gasteiger partial charge in [0.1, 0.15) is 0 Å². The molecule has 0 fully saturated rings. The van der Waals surface area contributed by atoms with Crippen LogP contribution in [0.1, 0.15) is 18.1 Å². The Kier molecular flexibility index (Phi) is 4.80. The molecule has 1 heteroatoms. The normalized spacial score (nSPS) is 11.1. The second-order valence-corrected chi connectivity index (χ2v) is 7.86. The van der Waals surface area contributed by atoms with Crippen molar-refractivity contribution in [3.8, 4) is 22.3 Å². The molecule has 0 saturated heterocycles. The molecule has 0 bridgehead atoms. The maximum atomic E-state index is 3.86. The van der Waals surface area contributed by atoms with Crippen LogP contribution in [0, 0.1) is 0 Å². The molecule has 1 aromatic heterocycles. The van der Waals surface area contributed by atoms with E-state index in [0.717, 1.165) is 17.7 Å². The van der Waals surface area contributed by atoms with E-state index in [1.165, 1.54) is 44.1 Å². The van der Waals surface area contributed by atoms with Gasteiger partial charge in [0.05, 0.1) is 0 Å². The van der Waals surface area contributed by atoms with Crippen molar-refractivity contribution >= 4 is 34.0 Å². The summed E-state index contributed by atoms with van der Waals surface area (Å²) in [5, 5.41) is 2.60. The zero-order valence-corrected chi connectivity index (χ0v) is 17.8. The van der Waals surface area contributed by atoms with Crippen LogP contribution >= 0.6 is 0 Å². The highest BCUT2D eigenvalue weighted by molar-refractivity contribution is 6.10. The van der Waals surface area contributed by atoms with Gasteiger partial charge in [0, 0.05) is 28.4 Å². The van der Waals surface area contributed by atoms with Crippen LogP contribution in [0.2, 0.25) is 0 Å². The van der Waals surface area contributed by atoms with Crippen molar-refractivity contribution in [2.75, 3.05) is 0 Å². The van der Waals surface area contributed by atoms with Crippen LogP contribution < -0.4 is 0 Å². The van der Waals surface area contributed by atoms with E-state index in [1.54, 1.807) is 0 Å². The summed E-state index contributed by atoms with van der Waals surface area (Å²) in [6, 6.07) is 30.8. The number of aryl methyl sites for hydroxylation is 1. The third-order valence-corrected chi connectivity index (χ3v) is 6.14. The molecule has 0 saturated carbocycles. The van der Waals surface area contributed by atoms with Crippen molar-refractivity contribution in [2.24, 2.45) is 0 Å². The summed E-state index contributed by atoms with van der Waals surface area (Å²) in [6.07, 6.45) is 3.76. The standard InChI is InChI=1S/C30H25N/c1-4-21-7-11-23(12-8-21)25-15-17-29-27(19-25)28-20-26(16-18-30(28)31(29)6-3)24-13-9-22(5-2)10-14-24/h4-5,7-20H,1-2,6H2,3H3. The van der Waals surface area contributed by atoms with Gasteiger partial charge in [-0.3, -0.25) is 0 Å². The molecule has 0 aliphatic carbocycles. The van der Waals surface area contributed by atoms with Gasteiger partial charge >= 0.3 is 0 Å². The number of hydrogen-bond donors (Lipinski definition) is 0. The molecule has 5 rings (SSSR count). The van der Waals surface area contributed by atoms with Crippen LogP contribution in [0.25, 0.3) is 56.2 Å². The van der Waals surface area contributed by atoms with E-state index in [-0.39, 0.29) is 0 Å². The third kappa shape index (κ3) is 3.29. The summed E-state index contributed by atoms with van der Waals surface area (Å²) in [6.45, 7) is 10.9. The van der Waals surface area contributed by atoms with Gasteiger partial charge in [-0.1, -0.05) is 86.0 Å². The molecule has 0 aliphatic rings. The summed E-state index contributed by atoms with van der Waals surface area (Å²) in [5.41, 5.74) is 9.76. The minimum atomic E-state index is 0.945. The van der Waals surface area contributed by atoms with Gasteiger partial charge < -0.3 is 4.57 Å². The Balaban J connectivity index is 1.70. The zero-order chi connectivity index (χ0) is 21.4. The lowest BCUT2D eigenvalue weighted by Crippen LogP contribution is -1.92. The number of nitrogens with zero attached hydrogens (tertiary/aromatic N) is 1. The van der Waals surface area contributed by atoms with E-state index >= 15 is 0 Å². The van der Waals surface area contributed by atoms with Crippen LogP contribution in [-0.2, 0) is 6.54 Å². The minimum Gasteiger partial charge on any atom is -0.341 e. The van der Waals surface area contributed by atoms with E-state index < -0.39 is 0 Å². The highest BCUT2D eigenvalue weighted by Gasteiger charge is 2.12. The first-order chi connectivity index (χ1) is 15.2. The Morgan fingerprint density at radius 2 is 0.968 bits per heavy atom. The lowest BCUT2D eigenvalue weighted by Gasteiger charge is -2.05. The fourth-order valence-corrected chi connectivity index (χ4v) is 4.43. The quantitative estimate of drug-likeness (QED) is 0.279. The smallest absolute Gasteiger partial charge is 0.0491 e. The monoisotopic (exact) mass is 399 g/mol. The van der Waals surface area contributed by atoms with Crippen molar-refractivity contribution in [1.29, 1.82) is 0 Å². The van der Waals surface area contributed by atoms with Crippen LogP contribution in [0.3, 0.4) is 0 Å². The maximum absolute atomic E-state index is 3.86. The Hall–Kier alpha value is -3.84. The molecule has 0 unspecified atom stereocenters. The maximum Gasteiger partial charge on any atom is 0.0491 e. The number of rotatable bonds is 5. The highest BCUT2D eigenvalue weighted by atomic mass is 15.0. The molecule has 0 spiro atoms. The lowest BCUT2D eigenvalue weighted by molar-refractivity contribution is 0.827. The number of fused-ring (bicyclic) bond motifs is 3. The fraction of sp³-hybridized carbons (Fsp3) is 0.0667. The van der Waals surface area contributed by atoms with E-state index in [2.05, 4.69) is 110 Å². The fourth-order valence-electron chi connectivity index (χ4n) is 4.43. The van der Waals surface area contributed by atoms with Crippen molar-refractivity contribution < 1.29 is 0 Å². The molecule has 150 valence electrons. The van der Waals surface area contributed by atoms with Crippen molar-refractivity contribution in [3.63, 3.8) is 0 Å². The first-order valence-electron chi connectivity index (χ1n) is 10.7. The minimum absolute atomic E-state index is 0.945. The van der Waals surface area contributed by atoms with Gasteiger partial charge in [-0.05, 0) is 64.6 Å². The first-order valence-corrected chi connectivity index (χ1v) is 10.7.